The maximum atomic E-state index is 12.5. The predicted molar refractivity (Wildman–Crippen MR) is 113 cm³/mol. The molecule has 8 nitrogen and oxygen atoms in total. The molecule has 154 valence electrons. The number of carbonyl (C=O) groups excluding carboxylic acids is 2. The summed E-state index contributed by atoms with van der Waals surface area (Å²) in [7, 11) is 1.59. The summed E-state index contributed by atoms with van der Waals surface area (Å²) in [6, 6.07) is 15.0. The fraction of sp³-hybridized carbons (Fsp3) is 0.273. The molecule has 1 aliphatic rings. The number of nitrogens with one attached hydrogen (secondary N) is 2. The number of benzene rings is 2. The first-order valence-corrected chi connectivity index (χ1v) is 9.83. The molecule has 1 saturated heterocycles. The molecule has 2 heterocycles. The highest BCUT2D eigenvalue weighted by Crippen LogP contribution is 2.14. The Bertz CT molecular complexity index is 1150. The van der Waals surface area contributed by atoms with Gasteiger partial charge in [0.05, 0.1) is 17.5 Å². The fourth-order valence-corrected chi connectivity index (χ4v) is 3.57. The van der Waals surface area contributed by atoms with Crippen LogP contribution in [0.25, 0.3) is 10.8 Å². The zero-order chi connectivity index (χ0) is 21.1. The molecule has 3 aromatic rings. The normalized spacial score (nSPS) is 13.5. The molecule has 0 unspecified atom stereocenters. The fourth-order valence-electron chi connectivity index (χ4n) is 3.57. The van der Waals surface area contributed by atoms with Crippen molar-refractivity contribution >= 4 is 22.7 Å². The van der Waals surface area contributed by atoms with Gasteiger partial charge in [-0.15, -0.1) is 0 Å². The van der Waals surface area contributed by atoms with Crippen molar-refractivity contribution < 1.29 is 9.59 Å². The van der Waals surface area contributed by atoms with Gasteiger partial charge in [0.25, 0.3) is 5.56 Å². The number of fused-ring (bicyclic) bond motifs is 1. The molecule has 3 amide bonds. The summed E-state index contributed by atoms with van der Waals surface area (Å²) in [6.07, 6.45) is 0.0940. The van der Waals surface area contributed by atoms with Gasteiger partial charge in [-0.3, -0.25) is 9.59 Å². The summed E-state index contributed by atoms with van der Waals surface area (Å²) in [5, 5.41) is 11.2. The number of aryl methyl sites for hydroxylation is 1. The van der Waals surface area contributed by atoms with Gasteiger partial charge in [-0.25, -0.2) is 9.48 Å². The number of aromatic nitrogens is 2. The lowest BCUT2D eigenvalue weighted by atomic mass is 10.1. The maximum Gasteiger partial charge on any atom is 0.317 e. The van der Waals surface area contributed by atoms with Crippen LogP contribution in [0.4, 0.5) is 4.79 Å². The number of amides is 3. The lowest BCUT2D eigenvalue weighted by molar-refractivity contribution is -0.120. The van der Waals surface area contributed by atoms with Crippen molar-refractivity contribution in [1.29, 1.82) is 0 Å². The second kappa shape index (κ2) is 8.36. The van der Waals surface area contributed by atoms with Crippen molar-refractivity contribution in [2.75, 3.05) is 13.1 Å². The van der Waals surface area contributed by atoms with Gasteiger partial charge in [0, 0.05) is 38.6 Å². The van der Waals surface area contributed by atoms with Crippen LogP contribution >= 0.6 is 0 Å². The maximum absolute atomic E-state index is 12.5. The van der Waals surface area contributed by atoms with Crippen LogP contribution in [0.2, 0.25) is 0 Å². The Kier molecular flexibility index (Phi) is 5.47. The first-order valence-electron chi connectivity index (χ1n) is 9.83. The van der Waals surface area contributed by atoms with Gasteiger partial charge < -0.3 is 15.5 Å². The Morgan fingerprint density at radius 3 is 2.47 bits per heavy atom. The average Bonchev–Trinajstić information content (AvgIpc) is 3.16. The summed E-state index contributed by atoms with van der Waals surface area (Å²) in [6.45, 7) is 2.37. The van der Waals surface area contributed by atoms with E-state index in [1.54, 1.807) is 24.1 Å². The van der Waals surface area contributed by atoms with E-state index in [2.05, 4.69) is 15.7 Å². The Morgan fingerprint density at radius 1 is 1.07 bits per heavy atom. The van der Waals surface area contributed by atoms with Gasteiger partial charge in [-0.1, -0.05) is 42.5 Å². The lowest BCUT2D eigenvalue weighted by Crippen LogP contribution is -2.28. The number of carbonyl (C=O) groups is 2. The highest BCUT2D eigenvalue weighted by atomic mass is 16.2. The summed E-state index contributed by atoms with van der Waals surface area (Å²) in [5.41, 5.74) is 2.41. The number of nitrogens with zero attached hydrogens (tertiary/aromatic N) is 3. The van der Waals surface area contributed by atoms with Crippen LogP contribution in [0.1, 0.15) is 16.8 Å². The van der Waals surface area contributed by atoms with Crippen LogP contribution in [0.15, 0.2) is 53.3 Å². The van der Waals surface area contributed by atoms with Gasteiger partial charge >= 0.3 is 6.03 Å². The summed E-state index contributed by atoms with van der Waals surface area (Å²) >= 11 is 0. The van der Waals surface area contributed by atoms with Crippen LogP contribution in [-0.2, 0) is 31.4 Å². The van der Waals surface area contributed by atoms with Crippen LogP contribution < -0.4 is 16.2 Å². The lowest BCUT2D eigenvalue weighted by Gasteiger charge is -2.14. The smallest absolute Gasteiger partial charge is 0.317 e. The van der Waals surface area contributed by atoms with E-state index in [4.69, 9.17) is 0 Å². The Labute approximate surface area is 173 Å². The van der Waals surface area contributed by atoms with Gasteiger partial charge in [0.1, 0.15) is 0 Å². The third kappa shape index (κ3) is 4.17. The van der Waals surface area contributed by atoms with Crippen LogP contribution in [0.3, 0.4) is 0 Å². The molecule has 8 heteroatoms. The molecular formula is C22H23N5O3. The van der Waals surface area contributed by atoms with Crippen LogP contribution in [0.5, 0.6) is 0 Å². The number of rotatable bonds is 6. The highest BCUT2D eigenvalue weighted by Gasteiger charge is 2.19. The van der Waals surface area contributed by atoms with Gasteiger partial charge in [0.2, 0.25) is 5.91 Å². The monoisotopic (exact) mass is 405 g/mol. The molecule has 0 bridgehead atoms. The first kappa shape index (κ1) is 19.6. The van der Waals surface area contributed by atoms with Crippen molar-refractivity contribution in [2.24, 2.45) is 7.05 Å². The van der Waals surface area contributed by atoms with E-state index in [1.165, 1.54) is 4.68 Å². The Balaban J connectivity index is 1.37. The van der Waals surface area contributed by atoms with Gasteiger partial charge in [0.15, 0.2) is 0 Å². The van der Waals surface area contributed by atoms with Gasteiger partial charge in [-0.2, -0.15) is 5.10 Å². The van der Waals surface area contributed by atoms with Crippen LogP contribution in [-0.4, -0.2) is 39.7 Å². The summed E-state index contributed by atoms with van der Waals surface area (Å²) in [4.78, 5) is 38.1. The molecule has 2 aromatic carbocycles. The highest BCUT2D eigenvalue weighted by molar-refractivity contribution is 5.88. The molecule has 30 heavy (non-hydrogen) atoms. The minimum Gasteiger partial charge on any atom is -0.352 e. The zero-order valence-corrected chi connectivity index (χ0v) is 16.7. The van der Waals surface area contributed by atoms with E-state index >= 15 is 0 Å². The van der Waals surface area contributed by atoms with E-state index < -0.39 is 0 Å². The molecule has 1 aromatic heterocycles. The Hall–Kier alpha value is -3.68. The molecule has 0 aliphatic carbocycles. The molecule has 0 saturated carbocycles. The average molecular weight is 405 g/mol. The first-order chi connectivity index (χ1) is 14.5. The van der Waals surface area contributed by atoms with E-state index in [0.29, 0.717) is 42.6 Å². The molecule has 0 atom stereocenters. The minimum absolute atomic E-state index is 0.0362. The second-order valence-electron chi connectivity index (χ2n) is 7.34. The third-order valence-electron chi connectivity index (χ3n) is 5.19. The zero-order valence-electron chi connectivity index (χ0n) is 16.7. The Morgan fingerprint density at radius 2 is 1.77 bits per heavy atom. The van der Waals surface area contributed by atoms with Crippen molar-refractivity contribution in [3.63, 3.8) is 0 Å². The van der Waals surface area contributed by atoms with Crippen molar-refractivity contribution in [2.45, 2.75) is 19.5 Å². The standard InChI is InChI=1S/C22H23N5O3/c1-26-21(29)18-5-3-2-4-17(18)19(25-26)12-20(28)24-13-15-6-8-16(9-7-15)14-27-11-10-23-22(27)30/h2-9H,10-14H2,1H3,(H,23,30)(H,24,28). The molecule has 2 N–H and O–H groups in total. The van der Waals surface area contributed by atoms with E-state index in [-0.39, 0.29) is 23.9 Å². The summed E-state index contributed by atoms with van der Waals surface area (Å²) in [5.74, 6) is -0.163. The largest absolute Gasteiger partial charge is 0.352 e. The minimum atomic E-state index is -0.179. The molecule has 4 rings (SSSR count). The van der Waals surface area contributed by atoms with E-state index in [9.17, 15) is 14.4 Å². The molecular weight excluding hydrogens is 382 g/mol. The number of hydrogen-bond donors (Lipinski definition) is 2. The van der Waals surface area contributed by atoms with Crippen LogP contribution in [0, 0.1) is 0 Å². The molecule has 1 aliphatic heterocycles. The van der Waals surface area contributed by atoms with E-state index in [0.717, 1.165) is 11.1 Å². The number of urea groups is 1. The molecule has 0 radical (unpaired) electrons. The third-order valence-corrected chi connectivity index (χ3v) is 5.19. The summed E-state index contributed by atoms with van der Waals surface area (Å²) < 4.78 is 1.27. The number of hydrogen-bond acceptors (Lipinski definition) is 4. The molecule has 0 spiro atoms. The SMILES string of the molecule is Cn1nc(CC(=O)NCc2ccc(CN3CCNC3=O)cc2)c2ccccc2c1=O. The molecule has 1 fully saturated rings. The van der Waals surface area contributed by atoms with Gasteiger partial charge in [-0.05, 0) is 17.2 Å². The topological polar surface area (TPSA) is 96.3 Å². The quantitative estimate of drug-likeness (QED) is 0.646. The second-order valence-corrected chi connectivity index (χ2v) is 7.34. The van der Waals surface area contributed by atoms with Crippen molar-refractivity contribution in [1.82, 2.24) is 25.3 Å². The van der Waals surface area contributed by atoms with Crippen molar-refractivity contribution in [3.8, 4) is 0 Å². The predicted octanol–water partition coefficient (Wildman–Crippen LogP) is 1.32. The van der Waals surface area contributed by atoms with Crippen molar-refractivity contribution in [3.05, 3.63) is 75.7 Å². The van der Waals surface area contributed by atoms with E-state index in [1.807, 2.05) is 36.4 Å².